The van der Waals surface area contributed by atoms with Crippen molar-refractivity contribution in [2.24, 2.45) is 5.73 Å². The fraction of sp³-hybridized carbons (Fsp3) is 0.600. The Morgan fingerprint density at radius 3 is 1.88 bits per heavy atom. The molecule has 1 atom stereocenters. The quantitative estimate of drug-likeness (QED) is 0.832. The Bertz CT molecular complexity index is 802. The lowest BCUT2D eigenvalue weighted by atomic mass is 10.1. The van der Waals surface area contributed by atoms with Crippen LogP contribution in [0.15, 0.2) is 34.1 Å². The summed E-state index contributed by atoms with van der Waals surface area (Å²) in [5, 5.41) is 0. The molecule has 0 radical (unpaired) electrons. The molecule has 0 saturated carbocycles. The molecule has 0 spiro atoms. The van der Waals surface area contributed by atoms with Crippen LogP contribution in [0.5, 0.6) is 0 Å². The van der Waals surface area contributed by atoms with Crippen LogP contribution in [-0.4, -0.2) is 57.7 Å². The van der Waals surface area contributed by atoms with E-state index >= 15 is 0 Å². The van der Waals surface area contributed by atoms with E-state index in [1.54, 1.807) is 12.1 Å². The summed E-state index contributed by atoms with van der Waals surface area (Å²) in [6, 6.07) is 5.66. The Balaban J connectivity index is 2.03. The Hall–Kier alpha value is -1.00. The minimum Gasteiger partial charge on any atom is -0.327 e. The van der Waals surface area contributed by atoms with Gasteiger partial charge in [-0.25, -0.2) is 16.8 Å². The largest absolute Gasteiger partial charge is 0.327 e. The average molecular weight is 374 g/mol. The molecule has 0 bridgehead atoms. The van der Waals surface area contributed by atoms with Crippen molar-refractivity contribution in [1.82, 2.24) is 8.61 Å². The third-order valence-electron chi connectivity index (χ3n) is 4.57. The van der Waals surface area contributed by atoms with Crippen molar-refractivity contribution >= 4 is 20.0 Å². The number of sulfonamides is 2. The van der Waals surface area contributed by atoms with Gasteiger partial charge in [0.2, 0.25) is 20.0 Å². The second-order valence-electron chi connectivity index (χ2n) is 6.32. The van der Waals surface area contributed by atoms with Crippen molar-refractivity contribution in [3.8, 4) is 0 Å². The first-order chi connectivity index (χ1) is 11.3. The molecule has 1 unspecified atom stereocenters. The van der Waals surface area contributed by atoms with Crippen LogP contribution in [0.3, 0.4) is 0 Å². The predicted octanol–water partition coefficient (Wildman–Crippen LogP) is 0.583. The van der Waals surface area contributed by atoms with E-state index in [0.717, 1.165) is 19.3 Å². The third kappa shape index (κ3) is 3.23. The highest BCUT2D eigenvalue weighted by Crippen LogP contribution is 2.29. The van der Waals surface area contributed by atoms with Crippen molar-refractivity contribution in [2.75, 3.05) is 26.2 Å². The Labute approximate surface area is 143 Å². The number of benzene rings is 1. The van der Waals surface area contributed by atoms with Crippen molar-refractivity contribution in [1.29, 1.82) is 0 Å². The monoisotopic (exact) mass is 373 g/mol. The molecule has 2 aliphatic heterocycles. The number of nitrogens with zero attached hydrogens (tertiary/aromatic N) is 2. The van der Waals surface area contributed by atoms with Gasteiger partial charge in [-0.05, 0) is 37.8 Å². The standard InChI is InChI=1S/C15H23N3O4S2/c16-13-6-5-11-18(12-13)24(21,22)15-8-2-1-7-14(15)23(19,20)17-9-3-4-10-17/h1-2,7-8,13H,3-6,9-12,16H2. The summed E-state index contributed by atoms with van der Waals surface area (Å²) in [6.45, 7) is 1.46. The Morgan fingerprint density at radius 1 is 0.833 bits per heavy atom. The average Bonchev–Trinajstić information content (AvgIpc) is 3.10. The van der Waals surface area contributed by atoms with Crippen LogP contribution < -0.4 is 5.73 Å². The SMILES string of the molecule is NC1CCCN(S(=O)(=O)c2ccccc2S(=O)(=O)N2CCCC2)C1. The number of nitrogens with two attached hydrogens (primary N) is 1. The van der Waals surface area contributed by atoms with E-state index in [4.69, 9.17) is 5.73 Å². The second-order valence-corrected chi connectivity index (χ2v) is 10.1. The van der Waals surface area contributed by atoms with Gasteiger partial charge >= 0.3 is 0 Å². The van der Waals surface area contributed by atoms with Gasteiger partial charge in [0.05, 0.1) is 0 Å². The molecule has 9 heteroatoms. The zero-order valence-electron chi connectivity index (χ0n) is 13.5. The minimum atomic E-state index is -3.89. The van der Waals surface area contributed by atoms with Gasteiger partial charge in [0.15, 0.2) is 0 Å². The summed E-state index contributed by atoms with van der Waals surface area (Å²) in [5.41, 5.74) is 5.89. The van der Waals surface area contributed by atoms with E-state index < -0.39 is 20.0 Å². The first-order valence-electron chi connectivity index (χ1n) is 8.18. The lowest BCUT2D eigenvalue weighted by molar-refractivity contribution is 0.315. The maximum absolute atomic E-state index is 13.0. The molecular formula is C15H23N3O4S2. The summed E-state index contributed by atoms with van der Waals surface area (Å²) >= 11 is 0. The van der Waals surface area contributed by atoms with Gasteiger partial charge in [0.25, 0.3) is 0 Å². The fourth-order valence-electron chi connectivity index (χ4n) is 3.28. The van der Waals surface area contributed by atoms with Gasteiger partial charge in [0, 0.05) is 32.2 Å². The van der Waals surface area contributed by atoms with Crippen LogP contribution in [0.25, 0.3) is 0 Å². The third-order valence-corrected chi connectivity index (χ3v) is 8.58. The van der Waals surface area contributed by atoms with Crippen LogP contribution >= 0.6 is 0 Å². The van der Waals surface area contributed by atoms with Crippen LogP contribution in [0.2, 0.25) is 0 Å². The molecule has 24 heavy (non-hydrogen) atoms. The number of rotatable bonds is 4. The normalized spacial score (nSPS) is 24.3. The molecule has 2 fully saturated rings. The molecule has 7 nitrogen and oxygen atoms in total. The van der Waals surface area contributed by atoms with E-state index in [2.05, 4.69) is 0 Å². The first-order valence-corrected chi connectivity index (χ1v) is 11.1. The van der Waals surface area contributed by atoms with Gasteiger partial charge in [-0.3, -0.25) is 0 Å². The Morgan fingerprint density at radius 2 is 1.33 bits per heavy atom. The van der Waals surface area contributed by atoms with E-state index in [9.17, 15) is 16.8 Å². The fourth-order valence-corrected chi connectivity index (χ4v) is 7.11. The molecule has 0 aliphatic carbocycles. The highest BCUT2D eigenvalue weighted by Gasteiger charge is 2.36. The van der Waals surface area contributed by atoms with Gasteiger partial charge < -0.3 is 5.73 Å². The van der Waals surface area contributed by atoms with E-state index in [1.807, 2.05) is 0 Å². The van der Waals surface area contributed by atoms with Crippen LogP contribution in [0.4, 0.5) is 0 Å². The molecule has 2 heterocycles. The van der Waals surface area contributed by atoms with Crippen molar-refractivity contribution in [3.05, 3.63) is 24.3 Å². The molecule has 134 valence electrons. The molecule has 2 N–H and O–H groups in total. The van der Waals surface area contributed by atoms with Crippen LogP contribution in [-0.2, 0) is 20.0 Å². The topological polar surface area (TPSA) is 101 Å². The maximum Gasteiger partial charge on any atom is 0.244 e. The molecule has 0 amide bonds. The number of piperidine rings is 1. The summed E-state index contributed by atoms with van der Waals surface area (Å²) in [4.78, 5) is -0.281. The van der Waals surface area contributed by atoms with Crippen LogP contribution in [0, 0.1) is 0 Å². The van der Waals surface area contributed by atoms with Gasteiger partial charge in [-0.15, -0.1) is 0 Å². The zero-order chi connectivity index (χ0) is 17.4. The van der Waals surface area contributed by atoms with Gasteiger partial charge in [-0.1, -0.05) is 12.1 Å². The maximum atomic E-state index is 13.0. The highest BCUT2D eigenvalue weighted by molar-refractivity contribution is 7.92. The summed E-state index contributed by atoms with van der Waals surface area (Å²) in [6.07, 6.45) is 3.06. The molecule has 0 aromatic heterocycles. The summed E-state index contributed by atoms with van der Waals surface area (Å²) in [7, 11) is -7.70. The molecule has 1 aromatic carbocycles. The molecule has 3 rings (SSSR count). The summed E-state index contributed by atoms with van der Waals surface area (Å²) in [5.74, 6) is 0. The van der Waals surface area contributed by atoms with E-state index in [-0.39, 0.29) is 22.4 Å². The van der Waals surface area contributed by atoms with Crippen molar-refractivity contribution in [2.45, 2.75) is 41.5 Å². The molecular weight excluding hydrogens is 350 g/mol. The first kappa shape index (κ1) is 17.8. The Kier molecular flexibility index (Phi) is 4.99. The predicted molar refractivity (Wildman–Crippen MR) is 90.4 cm³/mol. The number of hydrogen-bond donors (Lipinski definition) is 1. The van der Waals surface area contributed by atoms with Crippen molar-refractivity contribution in [3.63, 3.8) is 0 Å². The van der Waals surface area contributed by atoms with E-state index in [1.165, 1.54) is 20.7 Å². The molecule has 2 saturated heterocycles. The van der Waals surface area contributed by atoms with Crippen molar-refractivity contribution < 1.29 is 16.8 Å². The minimum absolute atomic E-state index is 0.133. The van der Waals surface area contributed by atoms with Gasteiger partial charge in [-0.2, -0.15) is 8.61 Å². The molecule has 1 aromatic rings. The van der Waals surface area contributed by atoms with Gasteiger partial charge in [0.1, 0.15) is 9.79 Å². The molecule has 2 aliphatic rings. The number of hydrogen-bond acceptors (Lipinski definition) is 5. The highest BCUT2D eigenvalue weighted by atomic mass is 32.2. The second kappa shape index (κ2) is 6.72. The van der Waals surface area contributed by atoms with E-state index in [0.29, 0.717) is 26.1 Å². The summed E-state index contributed by atoms with van der Waals surface area (Å²) < 4.78 is 54.4. The van der Waals surface area contributed by atoms with Crippen LogP contribution in [0.1, 0.15) is 25.7 Å². The lowest BCUT2D eigenvalue weighted by Crippen LogP contribution is -2.46. The smallest absolute Gasteiger partial charge is 0.244 e. The zero-order valence-corrected chi connectivity index (χ0v) is 15.1. The lowest BCUT2D eigenvalue weighted by Gasteiger charge is -2.30.